The summed E-state index contributed by atoms with van der Waals surface area (Å²) in [6, 6.07) is 2.65. The molecular formula is C18H30N2. The minimum absolute atomic E-state index is 0.502. The molecule has 1 N–H and O–H groups in total. The first kappa shape index (κ1) is 15.5. The molecule has 1 fully saturated rings. The average molecular weight is 274 g/mol. The summed E-state index contributed by atoms with van der Waals surface area (Å²) < 4.78 is 0. The summed E-state index contributed by atoms with van der Waals surface area (Å²) in [6.07, 6.45) is 15.0. The van der Waals surface area contributed by atoms with Gasteiger partial charge in [0.15, 0.2) is 0 Å². The van der Waals surface area contributed by atoms with Gasteiger partial charge in [-0.3, -0.25) is 4.98 Å². The van der Waals surface area contributed by atoms with Crippen molar-refractivity contribution in [2.45, 2.75) is 71.3 Å². The third-order valence-electron chi connectivity index (χ3n) is 4.65. The van der Waals surface area contributed by atoms with Crippen LogP contribution in [0.2, 0.25) is 0 Å². The van der Waals surface area contributed by atoms with Crippen LogP contribution in [0.5, 0.6) is 0 Å². The Morgan fingerprint density at radius 3 is 2.55 bits per heavy atom. The van der Waals surface area contributed by atoms with Gasteiger partial charge in [0.1, 0.15) is 0 Å². The summed E-state index contributed by atoms with van der Waals surface area (Å²) in [7, 11) is 0. The maximum absolute atomic E-state index is 4.37. The SMILES string of the molecule is CCCNC(c1cnccc1C)C1CCCCCCC1. The van der Waals surface area contributed by atoms with Gasteiger partial charge in [-0.05, 0) is 55.8 Å². The molecule has 2 heteroatoms. The first-order valence-corrected chi connectivity index (χ1v) is 8.46. The Bertz CT molecular complexity index is 381. The summed E-state index contributed by atoms with van der Waals surface area (Å²) in [5.41, 5.74) is 2.81. The lowest BCUT2D eigenvalue weighted by Gasteiger charge is -2.31. The van der Waals surface area contributed by atoms with Crippen LogP contribution >= 0.6 is 0 Å². The van der Waals surface area contributed by atoms with E-state index in [0.717, 1.165) is 12.5 Å². The normalized spacial score (nSPS) is 19.3. The minimum atomic E-state index is 0.502. The van der Waals surface area contributed by atoms with Crippen LogP contribution < -0.4 is 5.32 Å². The van der Waals surface area contributed by atoms with E-state index in [1.165, 1.54) is 62.5 Å². The summed E-state index contributed by atoms with van der Waals surface area (Å²) in [4.78, 5) is 4.37. The van der Waals surface area contributed by atoms with Crippen molar-refractivity contribution < 1.29 is 0 Å². The van der Waals surface area contributed by atoms with Gasteiger partial charge in [-0.2, -0.15) is 0 Å². The molecule has 1 aliphatic carbocycles. The predicted molar refractivity (Wildman–Crippen MR) is 85.8 cm³/mol. The van der Waals surface area contributed by atoms with E-state index < -0.39 is 0 Å². The van der Waals surface area contributed by atoms with Crippen molar-refractivity contribution in [2.75, 3.05) is 6.54 Å². The number of aryl methyl sites for hydroxylation is 1. The summed E-state index contributed by atoms with van der Waals surface area (Å²) >= 11 is 0. The van der Waals surface area contributed by atoms with Crippen molar-refractivity contribution in [3.05, 3.63) is 29.6 Å². The number of rotatable bonds is 5. The Morgan fingerprint density at radius 1 is 1.20 bits per heavy atom. The number of nitrogens with zero attached hydrogens (tertiary/aromatic N) is 1. The molecule has 1 heterocycles. The van der Waals surface area contributed by atoms with Crippen LogP contribution in [0.3, 0.4) is 0 Å². The first-order valence-electron chi connectivity index (χ1n) is 8.46. The smallest absolute Gasteiger partial charge is 0.0366 e. The molecule has 0 radical (unpaired) electrons. The highest BCUT2D eigenvalue weighted by Gasteiger charge is 2.24. The lowest BCUT2D eigenvalue weighted by Crippen LogP contribution is -2.30. The largest absolute Gasteiger partial charge is 0.310 e. The molecular weight excluding hydrogens is 244 g/mol. The van der Waals surface area contributed by atoms with E-state index in [-0.39, 0.29) is 0 Å². The highest BCUT2D eigenvalue weighted by atomic mass is 14.9. The van der Waals surface area contributed by atoms with Crippen LogP contribution in [-0.4, -0.2) is 11.5 Å². The van der Waals surface area contributed by atoms with Gasteiger partial charge in [0, 0.05) is 18.4 Å². The molecule has 1 aromatic heterocycles. The first-order chi connectivity index (χ1) is 9.83. The fourth-order valence-electron chi connectivity index (χ4n) is 3.45. The highest BCUT2D eigenvalue weighted by molar-refractivity contribution is 5.25. The maximum Gasteiger partial charge on any atom is 0.0366 e. The van der Waals surface area contributed by atoms with E-state index in [4.69, 9.17) is 0 Å². The fourth-order valence-corrected chi connectivity index (χ4v) is 3.45. The molecule has 0 aliphatic heterocycles. The summed E-state index contributed by atoms with van der Waals surface area (Å²) in [6.45, 7) is 5.58. The van der Waals surface area contributed by atoms with Gasteiger partial charge in [0.05, 0.1) is 0 Å². The van der Waals surface area contributed by atoms with Gasteiger partial charge in [-0.25, -0.2) is 0 Å². The number of pyridine rings is 1. The molecule has 1 saturated carbocycles. The van der Waals surface area contributed by atoms with Crippen LogP contribution in [0, 0.1) is 12.8 Å². The van der Waals surface area contributed by atoms with E-state index in [1.54, 1.807) is 0 Å². The average Bonchev–Trinajstić information content (AvgIpc) is 2.42. The van der Waals surface area contributed by atoms with Crippen LogP contribution in [0.25, 0.3) is 0 Å². The van der Waals surface area contributed by atoms with Crippen molar-refractivity contribution in [2.24, 2.45) is 5.92 Å². The Hall–Kier alpha value is -0.890. The lowest BCUT2D eigenvalue weighted by atomic mass is 9.82. The molecule has 0 saturated heterocycles. The van der Waals surface area contributed by atoms with Gasteiger partial charge in [0.2, 0.25) is 0 Å². The molecule has 1 aromatic rings. The van der Waals surface area contributed by atoms with Crippen molar-refractivity contribution in [1.29, 1.82) is 0 Å². The van der Waals surface area contributed by atoms with Gasteiger partial charge >= 0.3 is 0 Å². The molecule has 1 atom stereocenters. The Kier molecular flexibility index (Phi) is 6.52. The fraction of sp³-hybridized carbons (Fsp3) is 0.722. The number of hydrogen-bond donors (Lipinski definition) is 1. The third-order valence-corrected chi connectivity index (χ3v) is 4.65. The molecule has 2 nitrogen and oxygen atoms in total. The van der Waals surface area contributed by atoms with Crippen molar-refractivity contribution in [3.8, 4) is 0 Å². The van der Waals surface area contributed by atoms with Gasteiger partial charge < -0.3 is 5.32 Å². The van der Waals surface area contributed by atoms with E-state index in [1.807, 2.05) is 6.20 Å². The second-order valence-corrected chi connectivity index (χ2v) is 6.27. The molecule has 1 aliphatic rings. The Balaban J connectivity index is 2.14. The molecule has 20 heavy (non-hydrogen) atoms. The Morgan fingerprint density at radius 2 is 1.90 bits per heavy atom. The zero-order valence-electron chi connectivity index (χ0n) is 13.2. The van der Waals surface area contributed by atoms with Crippen molar-refractivity contribution >= 4 is 0 Å². The monoisotopic (exact) mass is 274 g/mol. The molecule has 112 valence electrons. The molecule has 0 spiro atoms. The van der Waals surface area contributed by atoms with Crippen LogP contribution in [0.1, 0.15) is 75.5 Å². The highest BCUT2D eigenvalue weighted by Crippen LogP contribution is 2.33. The topological polar surface area (TPSA) is 24.9 Å². The molecule has 1 unspecified atom stereocenters. The molecule has 0 aromatic carbocycles. The third kappa shape index (κ3) is 4.31. The molecule has 0 amide bonds. The number of nitrogens with one attached hydrogen (secondary N) is 1. The maximum atomic E-state index is 4.37. The zero-order chi connectivity index (χ0) is 14.2. The van der Waals surface area contributed by atoms with Crippen LogP contribution in [0.4, 0.5) is 0 Å². The zero-order valence-corrected chi connectivity index (χ0v) is 13.2. The second kappa shape index (κ2) is 8.41. The van der Waals surface area contributed by atoms with Gasteiger partial charge in [-0.15, -0.1) is 0 Å². The Labute approximate surface area is 124 Å². The second-order valence-electron chi connectivity index (χ2n) is 6.27. The quantitative estimate of drug-likeness (QED) is 0.835. The summed E-state index contributed by atoms with van der Waals surface area (Å²) in [5, 5.41) is 3.80. The van der Waals surface area contributed by atoms with Crippen LogP contribution in [-0.2, 0) is 0 Å². The van der Waals surface area contributed by atoms with E-state index in [9.17, 15) is 0 Å². The minimum Gasteiger partial charge on any atom is -0.310 e. The lowest BCUT2D eigenvalue weighted by molar-refractivity contribution is 0.287. The molecule has 2 rings (SSSR count). The van der Waals surface area contributed by atoms with Crippen molar-refractivity contribution in [1.82, 2.24) is 10.3 Å². The van der Waals surface area contributed by atoms with E-state index in [0.29, 0.717) is 6.04 Å². The number of hydrogen-bond acceptors (Lipinski definition) is 2. The summed E-state index contributed by atoms with van der Waals surface area (Å²) in [5.74, 6) is 0.782. The van der Waals surface area contributed by atoms with Crippen molar-refractivity contribution in [3.63, 3.8) is 0 Å². The van der Waals surface area contributed by atoms with Gasteiger partial charge in [0.25, 0.3) is 0 Å². The molecule has 0 bridgehead atoms. The standard InChI is InChI=1S/C18H30N2/c1-3-12-20-18(17-14-19-13-11-15(17)2)16-9-7-5-4-6-8-10-16/h11,13-14,16,18,20H,3-10,12H2,1-2H3. The number of aromatic nitrogens is 1. The van der Waals surface area contributed by atoms with Crippen LogP contribution in [0.15, 0.2) is 18.5 Å². The van der Waals surface area contributed by atoms with E-state index >= 15 is 0 Å². The van der Waals surface area contributed by atoms with E-state index in [2.05, 4.69) is 36.4 Å². The van der Waals surface area contributed by atoms with Gasteiger partial charge in [-0.1, -0.05) is 39.0 Å². The predicted octanol–water partition coefficient (Wildman–Crippen LogP) is 4.79.